The molecular weight excluding hydrogens is 238 g/mol. The second-order valence-corrected chi connectivity index (χ2v) is 5.69. The third-order valence-electron chi connectivity index (χ3n) is 3.72. The van der Waals surface area contributed by atoms with Crippen molar-refractivity contribution < 1.29 is 4.79 Å². The lowest BCUT2D eigenvalue weighted by Gasteiger charge is -2.21. The van der Waals surface area contributed by atoms with Gasteiger partial charge < -0.3 is 16.0 Å². The lowest BCUT2D eigenvalue weighted by Crippen LogP contribution is -2.38. The molecular formula is C15H31N3O. The summed E-state index contributed by atoms with van der Waals surface area (Å²) in [5.41, 5.74) is 0. The van der Waals surface area contributed by atoms with Gasteiger partial charge in [0.05, 0.1) is 0 Å². The van der Waals surface area contributed by atoms with Gasteiger partial charge in [0.2, 0.25) is 5.91 Å². The molecule has 112 valence electrons. The molecule has 0 saturated carbocycles. The van der Waals surface area contributed by atoms with Crippen molar-refractivity contribution in [2.24, 2.45) is 0 Å². The van der Waals surface area contributed by atoms with E-state index in [1.807, 2.05) is 0 Å². The van der Waals surface area contributed by atoms with Gasteiger partial charge in [-0.15, -0.1) is 0 Å². The van der Waals surface area contributed by atoms with Crippen LogP contribution in [-0.2, 0) is 4.79 Å². The molecule has 1 fully saturated rings. The van der Waals surface area contributed by atoms with Crippen molar-refractivity contribution >= 4 is 5.91 Å². The summed E-state index contributed by atoms with van der Waals surface area (Å²) in [6, 6.07) is 1.13. The van der Waals surface area contributed by atoms with Crippen LogP contribution in [0.5, 0.6) is 0 Å². The van der Waals surface area contributed by atoms with Gasteiger partial charge in [0.15, 0.2) is 0 Å². The van der Waals surface area contributed by atoms with Crippen LogP contribution in [0.4, 0.5) is 0 Å². The number of rotatable bonds is 8. The van der Waals surface area contributed by atoms with Gasteiger partial charge in [0.25, 0.3) is 0 Å². The molecule has 0 aromatic heterocycles. The molecule has 2 atom stereocenters. The first-order valence-electron chi connectivity index (χ1n) is 7.95. The van der Waals surface area contributed by atoms with E-state index in [0.717, 1.165) is 32.5 Å². The number of carbonyl (C=O) groups is 1. The van der Waals surface area contributed by atoms with Gasteiger partial charge in [-0.1, -0.05) is 19.8 Å². The van der Waals surface area contributed by atoms with Crippen molar-refractivity contribution in [1.29, 1.82) is 0 Å². The summed E-state index contributed by atoms with van der Waals surface area (Å²) < 4.78 is 0. The van der Waals surface area contributed by atoms with Gasteiger partial charge in [-0.3, -0.25) is 4.79 Å². The van der Waals surface area contributed by atoms with Crippen LogP contribution >= 0.6 is 0 Å². The maximum absolute atomic E-state index is 11.5. The number of amides is 1. The molecule has 1 rings (SSSR count). The van der Waals surface area contributed by atoms with Gasteiger partial charge in [-0.2, -0.15) is 0 Å². The van der Waals surface area contributed by atoms with Crippen LogP contribution in [-0.4, -0.2) is 37.6 Å². The molecule has 1 heterocycles. The minimum absolute atomic E-state index is 0.161. The topological polar surface area (TPSA) is 53.2 Å². The van der Waals surface area contributed by atoms with Crippen molar-refractivity contribution in [2.45, 2.75) is 70.9 Å². The Balaban J connectivity index is 2.06. The van der Waals surface area contributed by atoms with Crippen molar-refractivity contribution in [2.75, 3.05) is 19.6 Å². The van der Waals surface area contributed by atoms with Gasteiger partial charge in [-0.25, -0.2) is 0 Å². The fraction of sp³-hybridized carbons (Fsp3) is 0.933. The molecule has 0 bridgehead atoms. The summed E-state index contributed by atoms with van der Waals surface area (Å²) in [7, 11) is 0. The Hall–Kier alpha value is -0.610. The molecule has 0 radical (unpaired) electrons. The zero-order valence-corrected chi connectivity index (χ0v) is 12.6. The summed E-state index contributed by atoms with van der Waals surface area (Å²) in [5, 5.41) is 9.98. The predicted molar refractivity (Wildman–Crippen MR) is 80.3 cm³/mol. The monoisotopic (exact) mass is 269 g/mol. The average molecular weight is 269 g/mol. The van der Waals surface area contributed by atoms with E-state index in [0.29, 0.717) is 18.5 Å². The normalized spacial score (nSPS) is 21.7. The zero-order chi connectivity index (χ0) is 13.9. The highest BCUT2D eigenvalue weighted by atomic mass is 16.1. The smallest absolute Gasteiger partial charge is 0.221 e. The standard InChI is InChI=1S/C15H31N3O/c1-3-9-18-15(19)8-11-16-13(2)12-14-7-5-4-6-10-17-14/h13-14,16-17H,3-12H2,1-2H3,(H,18,19). The van der Waals surface area contributed by atoms with Crippen LogP contribution in [0.2, 0.25) is 0 Å². The van der Waals surface area contributed by atoms with E-state index >= 15 is 0 Å². The van der Waals surface area contributed by atoms with E-state index in [1.165, 1.54) is 25.7 Å². The maximum atomic E-state index is 11.5. The molecule has 1 amide bonds. The molecule has 0 spiro atoms. The number of carbonyl (C=O) groups excluding carboxylic acids is 1. The second-order valence-electron chi connectivity index (χ2n) is 5.69. The lowest BCUT2D eigenvalue weighted by atomic mass is 10.0. The molecule has 4 nitrogen and oxygen atoms in total. The third kappa shape index (κ3) is 8.22. The minimum Gasteiger partial charge on any atom is -0.356 e. The maximum Gasteiger partial charge on any atom is 0.221 e. The second kappa shape index (κ2) is 10.2. The van der Waals surface area contributed by atoms with E-state index in [2.05, 4.69) is 29.8 Å². The van der Waals surface area contributed by atoms with Crippen molar-refractivity contribution in [1.82, 2.24) is 16.0 Å². The van der Waals surface area contributed by atoms with Crippen LogP contribution < -0.4 is 16.0 Å². The summed E-state index contributed by atoms with van der Waals surface area (Å²) in [4.78, 5) is 11.5. The minimum atomic E-state index is 0.161. The summed E-state index contributed by atoms with van der Waals surface area (Å²) >= 11 is 0. The third-order valence-corrected chi connectivity index (χ3v) is 3.72. The average Bonchev–Trinajstić information content (AvgIpc) is 2.65. The highest BCUT2D eigenvalue weighted by Crippen LogP contribution is 2.12. The van der Waals surface area contributed by atoms with Gasteiger partial charge in [0.1, 0.15) is 0 Å². The Morgan fingerprint density at radius 3 is 2.95 bits per heavy atom. The molecule has 0 aromatic carbocycles. The van der Waals surface area contributed by atoms with E-state index < -0.39 is 0 Å². The van der Waals surface area contributed by atoms with Gasteiger partial charge >= 0.3 is 0 Å². The quantitative estimate of drug-likeness (QED) is 0.630. The number of nitrogens with one attached hydrogen (secondary N) is 3. The van der Waals surface area contributed by atoms with Crippen molar-refractivity contribution in [3.05, 3.63) is 0 Å². The largest absolute Gasteiger partial charge is 0.356 e. The lowest BCUT2D eigenvalue weighted by molar-refractivity contribution is -0.121. The molecule has 1 aliphatic heterocycles. The molecule has 1 saturated heterocycles. The van der Waals surface area contributed by atoms with Gasteiger partial charge in [0, 0.05) is 31.6 Å². The highest BCUT2D eigenvalue weighted by Gasteiger charge is 2.14. The molecule has 0 aliphatic carbocycles. The first kappa shape index (κ1) is 16.4. The van der Waals surface area contributed by atoms with E-state index in [9.17, 15) is 4.79 Å². The van der Waals surface area contributed by atoms with Crippen LogP contribution in [0.1, 0.15) is 58.8 Å². The first-order chi connectivity index (χ1) is 9.22. The summed E-state index contributed by atoms with van der Waals surface area (Å²) in [6.45, 7) is 7.03. The molecule has 0 aromatic rings. The predicted octanol–water partition coefficient (Wildman–Crippen LogP) is 1.80. The Morgan fingerprint density at radius 1 is 1.32 bits per heavy atom. The van der Waals surface area contributed by atoms with Crippen molar-refractivity contribution in [3.63, 3.8) is 0 Å². The number of hydrogen-bond acceptors (Lipinski definition) is 3. The van der Waals surface area contributed by atoms with Crippen LogP contribution in [0.25, 0.3) is 0 Å². The summed E-state index contributed by atoms with van der Waals surface area (Å²) in [5.74, 6) is 0.161. The molecule has 19 heavy (non-hydrogen) atoms. The van der Waals surface area contributed by atoms with Crippen LogP contribution in [0.15, 0.2) is 0 Å². The Labute approximate surface area is 118 Å². The molecule has 4 heteroatoms. The van der Waals surface area contributed by atoms with Crippen LogP contribution in [0, 0.1) is 0 Å². The van der Waals surface area contributed by atoms with Gasteiger partial charge in [-0.05, 0) is 39.2 Å². The SMILES string of the molecule is CCCNC(=O)CCNC(C)CC1CCCCCN1. The number of hydrogen-bond donors (Lipinski definition) is 3. The molecule has 1 aliphatic rings. The highest BCUT2D eigenvalue weighted by molar-refractivity contribution is 5.75. The first-order valence-corrected chi connectivity index (χ1v) is 7.95. The Bertz CT molecular complexity index is 238. The van der Waals surface area contributed by atoms with Crippen molar-refractivity contribution in [3.8, 4) is 0 Å². The summed E-state index contributed by atoms with van der Waals surface area (Å²) in [6.07, 6.45) is 8.08. The van der Waals surface area contributed by atoms with Crippen LogP contribution in [0.3, 0.4) is 0 Å². The molecule has 3 N–H and O–H groups in total. The Kier molecular flexibility index (Phi) is 8.84. The van der Waals surface area contributed by atoms with E-state index in [1.54, 1.807) is 0 Å². The van der Waals surface area contributed by atoms with E-state index in [-0.39, 0.29) is 5.91 Å². The van der Waals surface area contributed by atoms with E-state index in [4.69, 9.17) is 0 Å². The fourth-order valence-corrected chi connectivity index (χ4v) is 2.60. The Morgan fingerprint density at radius 2 is 2.16 bits per heavy atom. The fourth-order valence-electron chi connectivity index (χ4n) is 2.60. The zero-order valence-electron chi connectivity index (χ0n) is 12.6. The molecule has 2 unspecified atom stereocenters.